The number of aliphatic carboxylic acids is 1. The van der Waals surface area contributed by atoms with Crippen molar-refractivity contribution in [1.82, 2.24) is 5.32 Å². The first kappa shape index (κ1) is 16.9. The lowest BCUT2D eigenvalue weighted by Gasteiger charge is -2.16. The van der Waals surface area contributed by atoms with Crippen molar-refractivity contribution in [3.8, 4) is 0 Å². The third-order valence-corrected chi connectivity index (χ3v) is 2.88. The maximum atomic E-state index is 11.6. The predicted molar refractivity (Wildman–Crippen MR) is 72.3 cm³/mol. The van der Waals surface area contributed by atoms with Crippen LogP contribution in [0.4, 0.5) is 0 Å². The fourth-order valence-corrected chi connectivity index (χ4v) is 1.92. The Labute approximate surface area is 110 Å². The van der Waals surface area contributed by atoms with Crippen molar-refractivity contribution >= 4 is 11.9 Å². The predicted octanol–water partition coefficient (Wildman–Crippen LogP) is 2.82. The van der Waals surface area contributed by atoms with E-state index in [1.807, 2.05) is 6.92 Å². The van der Waals surface area contributed by atoms with E-state index in [4.69, 9.17) is 5.11 Å². The molecule has 1 amide bonds. The summed E-state index contributed by atoms with van der Waals surface area (Å²) in [6, 6.07) is 0.174. The molecule has 0 rings (SSSR count). The Bertz CT molecular complexity index is 264. The van der Waals surface area contributed by atoms with Crippen LogP contribution >= 0.6 is 0 Å². The standard InChI is InChI=1S/C14H27NO3/c1-10(2)6-5-7-12(4)15-13(16)8-11(3)9-14(17)18/h10-12H,5-9H2,1-4H3,(H,15,16)(H,17,18). The fraction of sp³-hybridized carbons (Fsp3) is 0.857. The highest BCUT2D eigenvalue weighted by Gasteiger charge is 2.14. The van der Waals surface area contributed by atoms with E-state index in [0.717, 1.165) is 12.8 Å². The molecule has 0 aliphatic carbocycles. The summed E-state index contributed by atoms with van der Waals surface area (Å²) in [5.74, 6) is -0.296. The Morgan fingerprint density at radius 2 is 1.67 bits per heavy atom. The van der Waals surface area contributed by atoms with Crippen LogP contribution in [-0.4, -0.2) is 23.0 Å². The summed E-state index contributed by atoms with van der Waals surface area (Å²) in [7, 11) is 0. The molecule has 0 heterocycles. The number of hydrogen-bond donors (Lipinski definition) is 2. The first-order chi connectivity index (χ1) is 8.31. The Kier molecular flexibility index (Phi) is 8.42. The van der Waals surface area contributed by atoms with Crippen molar-refractivity contribution in [3.63, 3.8) is 0 Å². The van der Waals surface area contributed by atoms with Gasteiger partial charge in [-0.3, -0.25) is 9.59 Å². The first-order valence-electron chi connectivity index (χ1n) is 6.82. The van der Waals surface area contributed by atoms with Crippen molar-refractivity contribution in [2.75, 3.05) is 0 Å². The number of nitrogens with one attached hydrogen (secondary N) is 1. The van der Waals surface area contributed by atoms with Crippen LogP contribution in [0.2, 0.25) is 0 Å². The molecule has 0 aliphatic rings. The Balaban J connectivity index is 3.76. The summed E-state index contributed by atoms with van der Waals surface area (Å²) in [6.45, 7) is 8.17. The van der Waals surface area contributed by atoms with Gasteiger partial charge in [-0.1, -0.05) is 33.6 Å². The van der Waals surface area contributed by atoms with Gasteiger partial charge in [-0.2, -0.15) is 0 Å². The Morgan fingerprint density at radius 1 is 1.06 bits per heavy atom. The van der Waals surface area contributed by atoms with Gasteiger partial charge >= 0.3 is 5.97 Å². The minimum Gasteiger partial charge on any atom is -0.481 e. The van der Waals surface area contributed by atoms with Gasteiger partial charge in [0.15, 0.2) is 0 Å². The number of carbonyl (C=O) groups is 2. The van der Waals surface area contributed by atoms with Crippen molar-refractivity contribution in [3.05, 3.63) is 0 Å². The third kappa shape index (κ3) is 10.1. The van der Waals surface area contributed by atoms with Gasteiger partial charge in [-0.05, 0) is 25.2 Å². The molecule has 0 radical (unpaired) electrons. The normalized spacial score (nSPS) is 14.3. The lowest BCUT2D eigenvalue weighted by Crippen LogP contribution is -2.33. The van der Waals surface area contributed by atoms with Gasteiger partial charge in [0.05, 0.1) is 0 Å². The maximum Gasteiger partial charge on any atom is 0.303 e. The average molecular weight is 257 g/mol. The van der Waals surface area contributed by atoms with E-state index in [2.05, 4.69) is 19.2 Å². The lowest BCUT2D eigenvalue weighted by atomic mass is 10.0. The molecule has 2 unspecified atom stereocenters. The second-order valence-electron chi connectivity index (χ2n) is 5.70. The van der Waals surface area contributed by atoms with Crippen molar-refractivity contribution in [1.29, 1.82) is 0 Å². The summed E-state index contributed by atoms with van der Waals surface area (Å²) in [4.78, 5) is 22.1. The number of hydrogen-bond acceptors (Lipinski definition) is 2. The van der Waals surface area contributed by atoms with Gasteiger partial charge in [0.2, 0.25) is 5.91 Å². The Hall–Kier alpha value is -1.06. The monoisotopic (exact) mass is 257 g/mol. The fourth-order valence-electron chi connectivity index (χ4n) is 1.92. The van der Waals surface area contributed by atoms with Gasteiger partial charge in [0, 0.05) is 18.9 Å². The van der Waals surface area contributed by atoms with Crippen LogP contribution in [0.1, 0.15) is 59.8 Å². The lowest BCUT2D eigenvalue weighted by molar-refractivity contribution is -0.138. The summed E-state index contributed by atoms with van der Waals surface area (Å²) in [5, 5.41) is 11.5. The van der Waals surface area contributed by atoms with Crippen LogP contribution in [0.5, 0.6) is 0 Å². The molecule has 4 heteroatoms. The van der Waals surface area contributed by atoms with E-state index in [-0.39, 0.29) is 24.3 Å². The molecule has 0 bridgehead atoms. The van der Waals surface area contributed by atoms with Crippen LogP contribution in [0.3, 0.4) is 0 Å². The Morgan fingerprint density at radius 3 is 2.17 bits per heavy atom. The van der Waals surface area contributed by atoms with Gasteiger partial charge in [0.1, 0.15) is 0 Å². The molecule has 0 aromatic rings. The van der Waals surface area contributed by atoms with E-state index in [0.29, 0.717) is 12.3 Å². The number of rotatable bonds is 9. The van der Waals surface area contributed by atoms with Gasteiger partial charge in [-0.25, -0.2) is 0 Å². The highest BCUT2D eigenvalue weighted by molar-refractivity contribution is 5.77. The molecule has 18 heavy (non-hydrogen) atoms. The number of carbonyl (C=O) groups excluding carboxylic acids is 1. The number of carboxylic acids is 1. The van der Waals surface area contributed by atoms with E-state index in [1.54, 1.807) is 6.92 Å². The highest BCUT2D eigenvalue weighted by Crippen LogP contribution is 2.10. The molecular formula is C14H27NO3. The smallest absolute Gasteiger partial charge is 0.303 e. The van der Waals surface area contributed by atoms with Crippen molar-refractivity contribution < 1.29 is 14.7 Å². The summed E-state index contributed by atoms with van der Waals surface area (Å²) >= 11 is 0. The number of amides is 1. The maximum absolute atomic E-state index is 11.6. The van der Waals surface area contributed by atoms with E-state index in [1.165, 1.54) is 6.42 Å². The second-order valence-corrected chi connectivity index (χ2v) is 5.70. The summed E-state index contributed by atoms with van der Waals surface area (Å²) in [5.41, 5.74) is 0. The highest BCUT2D eigenvalue weighted by atomic mass is 16.4. The molecule has 0 spiro atoms. The second kappa shape index (κ2) is 8.95. The van der Waals surface area contributed by atoms with Crippen molar-refractivity contribution in [2.45, 2.75) is 65.8 Å². The summed E-state index contributed by atoms with van der Waals surface area (Å²) in [6.07, 6.45) is 3.62. The quantitative estimate of drug-likeness (QED) is 0.667. The molecular weight excluding hydrogens is 230 g/mol. The zero-order valence-corrected chi connectivity index (χ0v) is 12.0. The molecule has 0 saturated heterocycles. The molecule has 0 aromatic carbocycles. The topological polar surface area (TPSA) is 66.4 Å². The molecule has 0 aromatic heterocycles. The molecule has 0 aliphatic heterocycles. The third-order valence-electron chi connectivity index (χ3n) is 2.88. The molecule has 0 saturated carbocycles. The molecule has 2 atom stereocenters. The minimum absolute atomic E-state index is 0.0409. The molecule has 0 fully saturated rings. The van der Waals surface area contributed by atoms with Crippen LogP contribution in [0.15, 0.2) is 0 Å². The zero-order valence-electron chi connectivity index (χ0n) is 12.0. The van der Waals surface area contributed by atoms with Gasteiger partial charge in [0.25, 0.3) is 0 Å². The molecule has 106 valence electrons. The van der Waals surface area contributed by atoms with E-state index < -0.39 is 5.97 Å². The van der Waals surface area contributed by atoms with Crippen molar-refractivity contribution in [2.24, 2.45) is 11.8 Å². The minimum atomic E-state index is -0.847. The van der Waals surface area contributed by atoms with Crippen LogP contribution in [-0.2, 0) is 9.59 Å². The largest absolute Gasteiger partial charge is 0.481 e. The molecule has 4 nitrogen and oxygen atoms in total. The summed E-state index contributed by atoms with van der Waals surface area (Å²) < 4.78 is 0. The van der Waals surface area contributed by atoms with Gasteiger partial charge in [-0.15, -0.1) is 0 Å². The average Bonchev–Trinajstić information content (AvgIpc) is 2.14. The number of carboxylic acid groups (broad SMARTS) is 1. The van der Waals surface area contributed by atoms with Gasteiger partial charge < -0.3 is 10.4 Å². The van der Waals surface area contributed by atoms with E-state index >= 15 is 0 Å². The zero-order chi connectivity index (χ0) is 14.1. The van der Waals surface area contributed by atoms with E-state index in [9.17, 15) is 9.59 Å². The van der Waals surface area contributed by atoms with Crippen LogP contribution in [0, 0.1) is 11.8 Å². The van der Waals surface area contributed by atoms with Crippen LogP contribution in [0.25, 0.3) is 0 Å². The molecule has 2 N–H and O–H groups in total. The SMILES string of the molecule is CC(C)CCCC(C)NC(=O)CC(C)CC(=O)O. The first-order valence-corrected chi connectivity index (χ1v) is 6.82. The van der Waals surface area contributed by atoms with Crippen LogP contribution < -0.4 is 5.32 Å².